The molecular weight excluding hydrogens is 356 g/mol. The summed E-state index contributed by atoms with van der Waals surface area (Å²) in [4.78, 5) is 14.7. The Kier molecular flexibility index (Phi) is 6.57. The first kappa shape index (κ1) is 20.2. The van der Waals surface area contributed by atoms with Crippen molar-refractivity contribution >= 4 is 11.6 Å². The van der Waals surface area contributed by atoms with Gasteiger partial charge in [-0.2, -0.15) is 5.10 Å². The molecule has 1 aliphatic heterocycles. The fourth-order valence-electron chi connectivity index (χ4n) is 3.74. The van der Waals surface area contributed by atoms with Gasteiger partial charge in [0.15, 0.2) is 0 Å². The third kappa shape index (κ3) is 5.04. The van der Waals surface area contributed by atoms with Gasteiger partial charge in [0.2, 0.25) is 5.91 Å². The lowest BCUT2D eigenvalue weighted by Crippen LogP contribution is -2.40. The molecule has 0 radical (unpaired) electrons. The van der Waals surface area contributed by atoms with E-state index in [0.717, 1.165) is 38.2 Å². The summed E-state index contributed by atoms with van der Waals surface area (Å²) in [7, 11) is 3.19. The number of hydrogen-bond donors (Lipinski definition) is 1. The van der Waals surface area contributed by atoms with Crippen LogP contribution in [0.2, 0.25) is 0 Å². The zero-order chi connectivity index (χ0) is 20.1. The number of carbonyl (C=O) groups is 1. The Morgan fingerprint density at radius 2 is 1.93 bits per heavy atom. The average molecular weight is 386 g/mol. The van der Waals surface area contributed by atoms with Gasteiger partial charge >= 0.3 is 0 Å². The molecule has 0 aliphatic carbocycles. The van der Waals surface area contributed by atoms with Crippen LogP contribution in [0.5, 0.6) is 11.5 Å². The second-order valence-electron chi connectivity index (χ2n) is 7.44. The standard InChI is InChI=1S/C21H30N4O3/c1-15-11-16(2)25(23-15)13-17-7-9-24(10-8-17)14-21(26)22-19-12-18(27-3)5-6-20(19)28-4/h5-6,11-12,17H,7-10,13-14H2,1-4H3,(H,22,26). The van der Waals surface area contributed by atoms with E-state index in [2.05, 4.69) is 33.0 Å². The molecule has 152 valence electrons. The van der Waals surface area contributed by atoms with E-state index in [0.29, 0.717) is 29.6 Å². The van der Waals surface area contributed by atoms with Crippen molar-refractivity contribution < 1.29 is 14.3 Å². The molecule has 2 heterocycles. The van der Waals surface area contributed by atoms with Crippen LogP contribution in [0.25, 0.3) is 0 Å². The summed E-state index contributed by atoms with van der Waals surface area (Å²) in [5.41, 5.74) is 2.91. The third-order valence-electron chi connectivity index (χ3n) is 5.29. The Morgan fingerprint density at radius 1 is 1.18 bits per heavy atom. The maximum atomic E-state index is 12.5. The molecule has 1 amide bonds. The van der Waals surface area contributed by atoms with Crippen LogP contribution >= 0.6 is 0 Å². The van der Waals surface area contributed by atoms with E-state index in [9.17, 15) is 4.79 Å². The number of likely N-dealkylation sites (tertiary alicyclic amines) is 1. The van der Waals surface area contributed by atoms with Gasteiger partial charge in [0, 0.05) is 18.3 Å². The van der Waals surface area contributed by atoms with Crippen molar-refractivity contribution in [2.45, 2.75) is 33.2 Å². The van der Waals surface area contributed by atoms with E-state index in [1.54, 1.807) is 26.4 Å². The average Bonchev–Trinajstić information content (AvgIpc) is 3.00. The third-order valence-corrected chi connectivity index (χ3v) is 5.29. The number of piperidine rings is 1. The van der Waals surface area contributed by atoms with Crippen LogP contribution in [0.1, 0.15) is 24.2 Å². The minimum atomic E-state index is -0.0384. The number of ether oxygens (including phenoxy) is 2. The molecule has 7 heteroatoms. The minimum absolute atomic E-state index is 0.0384. The van der Waals surface area contributed by atoms with Gasteiger partial charge < -0.3 is 14.8 Å². The fraction of sp³-hybridized carbons (Fsp3) is 0.524. The lowest BCUT2D eigenvalue weighted by atomic mass is 9.97. The molecule has 0 unspecified atom stereocenters. The van der Waals surface area contributed by atoms with Gasteiger partial charge in [-0.3, -0.25) is 14.4 Å². The second kappa shape index (κ2) is 9.10. The molecule has 0 saturated carbocycles. The number of aryl methyl sites for hydroxylation is 2. The number of amides is 1. The van der Waals surface area contributed by atoms with Crippen molar-refractivity contribution in [3.63, 3.8) is 0 Å². The number of methoxy groups -OCH3 is 2. The first-order valence-corrected chi connectivity index (χ1v) is 9.73. The molecule has 1 fully saturated rings. The number of carbonyl (C=O) groups excluding carboxylic acids is 1. The maximum Gasteiger partial charge on any atom is 0.238 e. The lowest BCUT2D eigenvalue weighted by Gasteiger charge is -2.31. The van der Waals surface area contributed by atoms with Gasteiger partial charge in [0.1, 0.15) is 11.5 Å². The van der Waals surface area contributed by atoms with Crippen LogP contribution in [0.15, 0.2) is 24.3 Å². The zero-order valence-corrected chi connectivity index (χ0v) is 17.2. The number of hydrogen-bond acceptors (Lipinski definition) is 5. The monoisotopic (exact) mass is 386 g/mol. The molecule has 1 aromatic heterocycles. The highest BCUT2D eigenvalue weighted by atomic mass is 16.5. The topological polar surface area (TPSA) is 68.6 Å². The Bertz CT molecular complexity index is 810. The van der Waals surface area contributed by atoms with E-state index in [-0.39, 0.29) is 5.91 Å². The number of benzene rings is 1. The Labute approximate surface area is 166 Å². The minimum Gasteiger partial charge on any atom is -0.497 e. The van der Waals surface area contributed by atoms with Crippen LogP contribution in [-0.4, -0.2) is 54.4 Å². The SMILES string of the molecule is COc1ccc(OC)c(NC(=O)CN2CCC(Cn3nc(C)cc3C)CC2)c1. The molecule has 1 saturated heterocycles. The molecule has 1 N–H and O–H groups in total. The first-order chi connectivity index (χ1) is 13.5. The van der Waals surface area contributed by atoms with Crippen molar-refractivity contribution in [3.8, 4) is 11.5 Å². The summed E-state index contributed by atoms with van der Waals surface area (Å²) in [5.74, 6) is 1.87. The first-order valence-electron chi connectivity index (χ1n) is 9.73. The number of nitrogens with zero attached hydrogens (tertiary/aromatic N) is 3. The largest absolute Gasteiger partial charge is 0.497 e. The Morgan fingerprint density at radius 3 is 2.54 bits per heavy atom. The van der Waals surface area contributed by atoms with Gasteiger partial charge in [-0.05, 0) is 63.9 Å². The number of anilines is 1. The van der Waals surface area contributed by atoms with Crippen LogP contribution in [0.4, 0.5) is 5.69 Å². The van der Waals surface area contributed by atoms with Crippen LogP contribution in [-0.2, 0) is 11.3 Å². The summed E-state index contributed by atoms with van der Waals surface area (Å²) in [5, 5.41) is 7.51. The van der Waals surface area contributed by atoms with E-state index < -0.39 is 0 Å². The summed E-state index contributed by atoms with van der Waals surface area (Å²) in [6.45, 7) is 7.32. The fourth-order valence-corrected chi connectivity index (χ4v) is 3.74. The zero-order valence-electron chi connectivity index (χ0n) is 17.2. The van der Waals surface area contributed by atoms with Crippen molar-refractivity contribution in [2.75, 3.05) is 39.2 Å². The molecule has 3 rings (SSSR count). The highest BCUT2D eigenvalue weighted by Gasteiger charge is 2.22. The van der Waals surface area contributed by atoms with E-state index in [1.807, 2.05) is 13.0 Å². The van der Waals surface area contributed by atoms with Gasteiger partial charge in [0.25, 0.3) is 0 Å². The normalized spacial score (nSPS) is 15.4. The van der Waals surface area contributed by atoms with Crippen LogP contribution in [0, 0.1) is 19.8 Å². The Hall–Kier alpha value is -2.54. The van der Waals surface area contributed by atoms with E-state index in [1.165, 1.54) is 5.69 Å². The molecular formula is C21H30N4O3. The quantitative estimate of drug-likeness (QED) is 0.792. The van der Waals surface area contributed by atoms with Gasteiger partial charge in [-0.15, -0.1) is 0 Å². The second-order valence-corrected chi connectivity index (χ2v) is 7.44. The van der Waals surface area contributed by atoms with Gasteiger partial charge in [-0.1, -0.05) is 0 Å². The summed E-state index contributed by atoms with van der Waals surface area (Å²) in [6.07, 6.45) is 2.15. The van der Waals surface area contributed by atoms with Crippen LogP contribution in [0.3, 0.4) is 0 Å². The summed E-state index contributed by atoms with van der Waals surface area (Å²) >= 11 is 0. The highest BCUT2D eigenvalue weighted by Crippen LogP contribution is 2.29. The van der Waals surface area contributed by atoms with Gasteiger partial charge in [0.05, 0.1) is 32.1 Å². The highest BCUT2D eigenvalue weighted by molar-refractivity contribution is 5.94. The van der Waals surface area contributed by atoms with Crippen molar-refractivity contribution in [2.24, 2.45) is 5.92 Å². The summed E-state index contributed by atoms with van der Waals surface area (Å²) < 4.78 is 12.7. The van der Waals surface area contributed by atoms with Crippen molar-refractivity contribution in [3.05, 3.63) is 35.7 Å². The molecule has 0 bridgehead atoms. The van der Waals surface area contributed by atoms with Crippen molar-refractivity contribution in [1.82, 2.24) is 14.7 Å². The molecule has 1 aliphatic rings. The molecule has 0 atom stereocenters. The predicted octanol–water partition coefficient (Wildman–Crippen LogP) is 2.87. The molecule has 1 aromatic carbocycles. The van der Waals surface area contributed by atoms with E-state index >= 15 is 0 Å². The number of aromatic nitrogens is 2. The molecule has 28 heavy (non-hydrogen) atoms. The predicted molar refractivity (Wildman–Crippen MR) is 109 cm³/mol. The van der Waals surface area contributed by atoms with Crippen molar-refractivity contribution in [1.29, 1.82) is 0 Å². The van der Waals surface area contributed by atoms with Gasteiger partial charge in [-0.25, -0.2) is 0 Å². The number of nitrogens with one attached hydrogen (secondary N) is 1. The summed E-state index contributed by atoms with van der Waals surface area (Å²) in [6, 6.07) is 7.49. The van der Waals surface area contributed by atoms with E-state index in [4.69, 9.17) is 9.47 Å². The maximum absolute atomic E-state index is 12.5. The molecule has 0 spiro atoms. The number of rotatable bonds is 7. The van der Waals surface area contributed by atoms with Crippen LogP contribution < -0.4 is 14.8 Å². The molecule has 7 nitrogen and oxygen atoms in total. The smallest absolute Gasteiger partial charge is 0.238 e. The Balaban J connectivity index is 1.49. The lowest BCUT2D eigenvalue weighted by molar-refractivity contribution is -0.117. The molecule has 2 aromatic rings.